The topological polar surface area (TPSA) is 102 Å². The molecule has 0 aliphatic carbocycles. The van der Waals surface area contributed by atoms with Crippen LogP contribution in [0.4, 0.5) is 11.4 Å². The molecule has 2 heterocycles. The Morgan fingerprint density at radius 1 is 0.970 bits per heavy atom. The number of rotatable bonds is 8. The molecule has 8 nitrogen and oxygen atoms in total. The van der Waals surface area contributed by atoms with E-state index in [2.05, 4.69) is 20.6 Å². The Hall–Kier alpha value is -3.63. The zero-order chi connectivity index (χ0) is 23.2. The Bertz CT molecular complexity index is 1290. The fourth-order valence-electron chi connectivity index (χ4n) is 3.07. The van der Waals surface area contributed by atoms with Gasteiger partial charge in [-0.1, -0.05) is 30.0 Å². The normalized spacial score (nSPS) is 10.6. The van der Waals surface area contributed by atoms with E-state index in [1.165, 1.54) is 43.6 Å². The molecule has 2 aromatic carbocycles. The van der Waals surface area contributed by atoms with E-state index >= 15 is 0 Å². The van der Waals surface area contributed by atoms with Gasteiger partial charge < -0.3 is 20.1 Å². The smallest absolute Gasteiger partial charge is 0.255 e. The minimum Gasteiger partial charge on any atom is -0.494 e. The third-order valence-corrected chi connectivity index (χ3v) is 6.66. The summed E-state index contributed by atoms with van der Waals surface area (Å²) in [6.07, 6.45) is 1.49. The van der Waals surface area contributed by atoms with Gasteiger partial charge in [0.25, 0.3) is 5.91 Å². The molecule has 0 spiro atoms. The van der Waals surface area contributed by atoms with Crippen LogP contribution in [-0.4, -0.2) is 41.8 Å². The summed E-state index contributed by atoms with van der Waals surface area (Å²) >= 11 is 2.87. The molecule has 0 bridgehead atoms. The number of thioether (sulfide) groups is 1. The molecule has 33 heavy (non-hydrogen) atoms. The molecule has 0 fully saturated rings. The average Bonchev–Trinajstić information content (AvgIpc) is 3.33. The number of amides is 2. The second-order valence-electron chi connectivity index (χ2n) is 6.72. The van der Waals surface area contributed by atoms with Gasteiger partial charge in [0.05, 0.1) is 41.6 Å². The molecule has 0 aliphatic heterocycles. The Morgan fingerprint density at radius 3 is 2.36 bits per heavy atom. The van der Waals surface area contributed by atoms with Crippen molar-refractivity contribution in [3.63, 3.8) is 0 Å². The number of hydrogen-bond donors (Lipinski definition) is 2. The summed E-state index contributed by atoms with van der Waals surface area (Å²) in [7, 11) is 2.98. The van der Waals surface area contributed by atoms with Gasteiger partial charge >= 0.3 is 0 Å². The van der Waals surface area contributed by atoms with E-state index in [0.29, 0.717) is 28.4 Å². The Balaban J connectivity index is 1.48. The second kappa shape index (κ2) is 10.3. The third kappa shape index (κ3) is 5.24. The van der Waals surface area contributed by atoms with E-state index in [4.69, 9.17) is 9.47 Å². The van der Waals surface area contributed by atoms with Crippen molar-refractivity contribution < 1.29 is 19.1 Å². The van der Waals surface area contributed by atoms with E-state index < -0.39 is 0 Å². The first kappa shape index (κ1) is 22.6. The number of methoxy groups -OCH3 is 2. The zero-order valence-electron chi connectivity index (χ0n) is 17.8. The van der Waals surface area contributed by atoms with Gasteiger partial charge in [-0.15, -0.1) is 11.3 Å². The molecule has 0 radical (unpaired) electrons. The summed E-state index contributed by atoms with van der Waals surface area (Å²) in [6.45, 7) is 0. The first-order valence-electron chi connectivity index (χ1n) is 9.82. The molecule has 2 N–H and O–H groups in total. The van der Waals surface area contributed by atoms with Gasteiger partial charge in [0.2, 0.25) is 5.91 Å². The number of benzene rings is 2. The van der Waals surface area contributed by atoms with Crippen LogP contribution in [0.2, 0.25) is 0 Å². The van der Waals surface area contributed by atoms with E-state index in [1.807, 2.05) is 17.5 Å². The minimum atomic E-state index is -0.283. The first-order valence-corrected chi connectivity index (χ1v) is 11.7. The molecular formula is C23H20N4O4S2. The summed E-state index contributed by atoms with van der Waals surface area (Å²) in [5.74, 6) is 0.417. The predicted octanol–water partition coefficient (Wildman–Crippen LogP) is 4.69. The minimum absolute atomic E-state index is 0.155. The van der Waals surface area contributed by atoms with Crippen LogP contribution in [0.3, 0.4) is 0 Å². The average molecular weight is 481 g/mol. The number of hydrogen-bond acceptors (Lipinski definition) is 8. The van der Waals surface area contributed by atoms with Crippen LogP contribution in [0, 0.1) is 0 Å². The number of carbonyl (C=O) groups is 2. The summed E-state index contributed by atoms with van der Waals surface area (Å²) in [5.41, 5.74) is 2.23. The van der Waals surface area contributed by atoms with E-state index in [9.17, 15) is 9.59 Å². The zero-order valence-corrected chi connectivity index (χ0v) is 19.5. The van der Waals surface area contributed by atoms with E-state index in [0.717, 1.165) is 15.2 Å². The summed E-state index contributed by atoms with van der Waals surface area (Å²) in [5, 5.41) is 8.36. The number of nitrogens with one attached hydrogen (secondary N) is 2. The SMILES string of the molecule is COc1cc(NC(=O)c2ccccc2)c(OC)cc1NC(=O)CSc1ncnc2ccsc12. The maximum Gasteiger partial charge on any atom is 0.255 e. The van der Waals surface area contributed by atoms with Crippen LogP contribution >= 0.6 is 23.1 Å². The number of nitrogens with zero attached hydrogens (tertiary/aromatic N) is 2. The van der Waals surface area contributed by atoms with Crippen LogP contribution in [0.5, 0.6) is 11.5 Å². The van der Waals surface area contributed by atoms with Crippen LogP contribution in [0.25, 0.3) is 10.2 Å². The molecule has 0 saturated carbocycles. The summed E-state index contributed by atoms with van der Waals surface area (Å²) < 4.78 is 11.8. The van der Waals surface area contributed by atoms with Gasteiger partial charge in [-0.25, -0.2) is 9.97 Å². The highest BCUT2D eigenvalue weighted by atomic mass is 32.2. The molecule has 168 valence electrons. The summed E-state index contributed by atoms with van der Waals surface area (Å²) in [6, 6.07) is 14.0. The highest BCUT2D eigenvalue weighted by Crippen LogP contribution is 2.37. The van der Waals surface area contributed by atoms with Gasteiger partial charge in [0.1, 0.15) is 22.9 Å². The first-order chi connectivity index (χ1) is 16.1. The van der Waals surface area contributed by atoms with Crippen molar-refractivity contribution in [1.82, 2.24) is 9.97 Å². The number of ether oxygens (including phenoxy) is 2. The largest absolute Gasteiger partial charge is 0.494 e. The molecule has 2 amide bonds. The maximum atomic E-state index is 12.6. The lowest BCUT2D eigenvalue weighted by Gasteiger charge is -2.16. The van der Waals surface area contributed by atoms with Crippen molar-refractivity contribution in [2.24, 2.45) is 0 Å². The Labute approximate surface area is 198 Å². The number of carbonyl (C=O) groups excluding carboxylic acids is 2. The Morgan fingerprint density at radius 2 is 1.67 bits per heavy atom. The van der Waals surface area contributed by atoms with Crippen LogP contribution in [-0.2, 0) is 4.79 Å². The maximum absolute atomic E-state index is 12.6. The van der Waals surface area contributed by atoms with Crippen LogP contribution < -0.4 is 20.1 Å². The molecule has 10 heteroatoms. The fourth-order valence-corrected chi connectivity index (χ4v) is 4.81. The molecule has 2 aromatic heterocycles. The predicted molar refractivity (Wildman–Crippen MR) is 131 cm³/mol. The molecule has 4 rings (SSSR count). The van der Waals surface area contributed by atoms with Gasteiger partial charge in [0, 0.05) is 17.7 Å². The lowest BCUT2D eigenvalue weighted by Crippen LogP contribution is -2.16. The molecule has 0 unspecified atom stereocenters. The highest BCUT2D eigenvalue weighted by Gasteiger charge is 2.17. The van der Waals surface area contributed by atoms with Crippen molar-refractivity contribution in [2.45, 2.75) is 5.03 Å². The highest BCUT2D eigenvalue weighted by molar-refractivity contribution is 8.00. The quantitative estimate of drug-likeness (QED) is 0.279. The summed E-state index contributed by atoms with van der Waals surface area (Å²) in [4.78, 5) is 33.7. The van der Waals surface area contributed by atoms with E-state index in [1.54, 1.807) is 36.4 Å². The Kier molecular flexibility index (Phi) is 7.06. The number of anilines is 2. The third-order valence-electron chi connectivity index (χ3n) is 4.63. The standard InChI is InChI=1S/C23H20N4O4S2/c1-30-18-11-17(27-22(29)14-6-4-3-5-7-14)19(31-2)10-16(18)26-20(28)12-33-23-21-15(8-9-32-21)24-13-25-23/h3-11,13H,12H2,1-2H3,(H,26,28)(H,27,29). The van der Waals surface area contributed by atoms with Crippen molar-refractivity contribution >= 4 is 56.5 Å². The van der Waals surface area contributed by atoms with Crippen LogP contribution in [0.1, 0.15) is 10.4 Å². The molecule has 0 aliphatic rings. The fraction of sp³-hybridized carbons (Fsp3) is 0.130. The van der Waals surface area contributed by atoms with Crippen molar-refractivity contribution in [3.05, 3.63) is 65.8 Å². The number of aromatic nitrogens is 2. The number of fused-ring (bicyclic) bond motifs is 1. The van der Waals surface area contributed by atoms with Gasteiger partial charge in [-0.3, -0.25) is 9.59 Å². The molecule has 0 saturated heterocycles. The van der Waals surface area contributed by atoms with Crippen molar-refractivity contribution in [1.29, 1.82) is 0 Å². The van der Waals surface area contributed by atoms with Gasteiger partial charge in [0.15, 0.2) is 0 Å². The molecule has 4 aromatic rings. The lowest BCUT2D eigenvalue weighted by atomic mass is 10.2. The number of thiophene rings is 1. The van der Waals surface area contributed by atoms with Crippen molar-refractivity contribution in [2.75, 3.05) is 30.6 Å². The lowest BCUT2D eigenvalue weighted by molar-refractivity contribution is -0.113. The monoisotopic (exact) mass is 480 g/mol. The second-order valence-corrected chi connectivity index (χ2v) is 8.60. The van der Waals surface area contributed by atoms with Gasteiger partial charge in [-0.05, 0) is 23.6 Å². The molecular weight excluding hydrogens is 460 g/mol. The van der Waals surface area contributed by atoms with Crippen molar-refractivity contribution in [3.8, 4) is 11.5 Å². The van der Waals surface area contributed by atoms with E-state index in [-0.39, 0.29) is 17.6 Å². The van der Waals surface area contributed by atoms with Gasteiger partial charge in [-0.2, -0.15) is 0 Å². The van der Waals surface area contributed by atoms with Crippen LogP contribution in [0.15, 0.2) is 65.3 Å². The molecule has 0 atom stereocenters.